The van der Waals surface area contributed by atoms with Gasteiger partial charge in [-0.25, -0.2) is 14.6 Å². The highest BCUT2D eigenvalue weighted by Crippen LogP contribution is 2.22. The lowest BCUT2D eigenvalue weighted by atomic mass is 10.3. The van der Waals surface area contributed by atoms with Gasteiger partial charge in [0.05, 0.1) is 0 Å². The van der Waals surface area contributed by atoms with Crippen LogP contribution < -0.4 is 5.32 Å². The van der Waals surface area contributed by atoms with Crippen molar-refractivity contribution in [3.63, 3.8) is 0 Å². The second-order valence-electron chi connectivity index (χ2n) is 3.95. The van der Waals surface area contributed by atoms with Gasteiger partial charge in [-0.15, -0.1) is 0 Å². The van der Waals surface area contributed by atoms with E-state index in [9.17, 15) is 0 Å². The van der Waals surface area contributed by atoms with Gasteiger partial charge in [0.15, 0.2) is 5.16 Å². The lowest BCUT2D eigenvalue weighted by Gasteiger charge is -2.04. The predicted molar refractivity (Wildman–Crippen MR) is 71.4 cm³/mol. The van der Waals surface area contributed by atoms with Gasteiger partial charge < -0.3 is 5.32 Å². The largest absolute Gasteiger partial charge is 0.313 e. The fourth-order valence-electron chi connectivity index (χ4n) is 1.46. The predicted octanol–water partition coefficient (Wildman–Crippen LogP) is 1.86. The Morgan fingerprint density at radius 3 is 2.83 bits per heavy atom. The summed E-state index contributed by atoms with van der Waals surface area (Å²) in [6.45, 7) is 4.07. The molecule has 0 unspecified atom stereocenters. The summed E-state index contributed by atoms with van der Waals surface area (Å²) in [5.41, 5.74) is 1.20. The van der Waals surface area contributed by atoms with Crippen molar-refractivity contribution in [2.45, 2.75) is 30.1 Å². The van der Waals surface area contributed by atoms with E-state index in [4.69, 9.17) is 0 Å². The molecule has 18 heavy (non-hydrogen) atoms. The fraction of sp³-hybridized carbons (Fsp3) is 0.417. The summed E-state index contributed by atoms with van der Waals surface area (Å²) in [6.07, 6.45) is 4.60. The molecule has 0 bridgehead atoms. The van der Waals surface area contributed by atoms with E-state index >= 15 is 0 Å². The first kappa shape index (κ1) is 13.0. The maximum absolute atomic E-state index is 4.42. The molecule has 2 heterocycles. The van der Waals surface area contributed by atoms with Crippen LogP contribution in [0.3, 0.4) is 0 Å². The highest BCUT2D eigenvalue weighted by molar-refractivity contribution is 7.99. The van der Waals surface area contributed by atoms with E-state index in [1.807, 2.05) is 19.3 Å². The highest BCUT2D eigenvalue weighted by atomic mass is 32.2. The normalized spacial score (nSPS) is 10.8. The lowest BCUT2D eigenvalue weighted by Crippen LogP contribution is -2.13. The zero-order valence-electron chi connectivity index (χ0n) is 10.6. The number of nitrogens with one attached hydrogen (secondary N) is 1. The number of rotatable bonds is 6. The summed E-state index contributed by atoms with van der Waals surface area (Å²) in [5, 5.41) is 9.16. The van der Waals surface area contributed by atoms with Crippen LogP contribution in [0.2, 0.25) is 0 Å². The van der Waals surface area contributed by atoms with Gasteiger partial charge in [0.25, 0.3) is 0 Å². The minimum atomic E-state index is 0.847. The summed E-state index contributed by atoms with van der Waals surface area (Å²) in [6, 6.07) is 4.11. The van der Waals surface area contributed by atoms with Crippen molar-refractivity contribution in [1.29, 1.82) is 0 Å². The van der Waals surface area contributed by atoms with Crippen LogP contribution in [0, 0.1) is 0 Å². The van der Waals surface area contributed by atoms with Gasteiger partial charge in [-0.2, -0.15) is 5.10 Å². The minimum absolute atomic E-state index is 0.847. The van der Waals surface area contributed by atoms with Gasteiger partial charge in [0.2, 0.25) is 0 Å². The van der Waals surface area contributed by atoms with Crippen LogP contribution in [0.15, 0.2) is 34.8 Å². The molecule has 0 aromatic carbocycles. The van der Waals surface area contributed by atoms with Crippen LogP contribution >= 0.6 is 11.8 Å². The van der Waals surface area contributed by atoms with Crippen LogP contribution in [0.4, 0.5) is 0 Å². The Hall–Kier alpha value is -1.40. The SMILES string of the molecule is CCCNCc1ccc(Sc2ncnn2C)nc1. The lowest BCUT2D eigenvalue weighted by molar-refractivity contribution is 0.672. The van der Waals surface area contributed by atoms with Crippen molar-refractivity contribution < 1.29 is 0 Å². The van der Waals surface area contributed by atoms with Gasteiger partial charge in [-0.1, -0.05) is 13.0 Å². The molecule has 2 rings (SSSR count). The molecule has 96 valence electrons. The zero-order valence-corrected chi connectivity index (χ0v) is 11.4. The van der Waals surface area contributed by atoms with E-state index in [2.05, 4.69) is 33.4 Å². The van der Waals surface area contributed by atoms with Crippen molar-refractivity contribution in [3.8, 4) is 0 Å². The molecular weight excluding hydrogens is 246 g/mol. The highest BCUT2D eigenvalue weighted by Gasteiger charge is 2.04. The van der Waals surface area contributed by atoms with E-state index in [0.29, 0.717) is 0 Å². The third kappa shape index (κ3) is 3.54. The molecular formula is C12H17N5S. The Bertz CT molecular complexity index is 479. The molecule has 1 N–H and O–H groups in total. The smallest absolute Gasteiger partial charge is 0.192 e. The molecule has 5 nitrogen and oxygen atoms in total. The Kier molecular flexibility index (Phi) is 4.72. The topological polar surface area (TPSA) is 55.6 Å². The van der Waals surface area contributed by atoms with Crippen LogP contribution in [-0.2, 0) is 13.6 Å². The minimum Gasteiger partial charge on any atom is -0.313 e. The van der Waals surface area contributed by atoms with Gasteiger partial charge in [0.1, 0.15) is 11.4 Å². The maximum Gasteiger partial charge on any atom is 0.192 e. The van der Waals surface area contributed by atoms with E-state index in [1.54, 1.807) is 11.0 Å². The third-order valence-electron chi connectivity index (χ3n) is 2.42. The third-order valence-corrected chi connectivity index (χ3v) is 3.42. The molecule has 0 aliphatic heterocycles. The average molecular weight is 263 g/mol. The first-order valence-corrected chi connectivity index (χ1v) is 6.78. The number of aryl methyl sites for hydroxylation is 1. The molecule has 0 aliphatic rings. The number of hydrogen-bond donors (Lipinski definition) is 1. The van der Waals surface area contributed by atoms with Crippen LogP contribution in [0.1, 0.15) is 18.9 Å². The maximum atomic E-state index is 4.42. The van der Waals surface area contributed by atoms with Gasteiger partial charge in [0, 0.05) is 19.8 Å². The van der Waals surface area contributed by atoms with Gasteiger partial charge in [-0.3, -0.25) is 0 Å². The first-order chi connectivity index (χ1) is 8.79. The Balaban J connectivity index is 1.93. The fourth-order valence-corrected chi connectivity index (χ4v) is 2.16. The Morgan fingerprint density at radius 2 is 2.22 bits per heavy atom. The Morgan fingerprint density at radius 1 is 1.33 bits per heavy atom. The van der Waals surface area contributed by atoms with Crippen molar-refractivity contribution in [1.82, 2.24) is 25.1 Å². The molecule has 6 heteroatoms. The van der Waals surface area contributed by atoms with Crippen LogP contribution in [0.5, 0.6) is 0 Å². The molecule has 0 spiro atoms. The molecule has 0 fully saturated rings. The molecule has 0 atom stereocenters. The van der Waals surface area contributed by atoms with Gasteiger partial charge in [-0.05, 0) is 36.4 Å². The van der Waals surface area contributed by atoms with E-state index in [1.165, 1.54) is 17.3 Å². The molecule has 0 saturated carbocycles. The standard InChI is InChI=1S/C12H17N5S/c1-3-6-13-7-10-4-5-11(14-8-10)18-12-15-9-16-17(12)2/h4-5,8-9,13H,3,6-7H2,1-2H3. The quantitative estimate of drug-likeness (QED) is 0.806. The second kappa shape index (κ2) is 6.51. The van der Waals surface area contributed by atoms with Crippen molar-refractivity contribution in [2.75, 3.05) is 6.54 Å². The molecule has 2 aromatic rings. The van der Waals surface area contributed by atoms with Crippen LogP contribution in [0.25, 0.3) is 0 Å². The summed E-state index contributed by atoms with van der Waals surface area (Å²) < 4.78 is 1.74. The molecule has 0 amide bonds. The molecule has 0 radical (unpaired) electrons. The number of pyridine rings is 1. The average Bonchev–Trinajstić information content (AvgIpc) is 2.78. The van der Waals surface area contributed by atoms with E-state index < -0.39 is 0 Å². The second-order valence-corrected chi connectivity index (χ2v) is 4.94. The molecule has 2 aromatic heterocycles. The van der Waals surface area contributed by atoms with Crippen molar-refractivity contribution in [2.24, 2.45) is 7.05 Å². The number of nitrogens with zero attached hydrogens (tertiary/aromatic N) is 4. The van der Waals surface area contributed by atoms with E-state index in [-0.39, 0.29) is 0 Å². The number of hydrogen-bond acceptors (Lipinski definition) is 5. The zero-order chi connectivity index (χ0) is 12.8. The van der Waals surface area contributed by atoms with Crippen molar-refractivity contribution in [3.05, 3.63) is 30.2 Å². The van der Waals surface area contributed by atoms with Crippen LogP contribution in [-0.4, -0.2) is 26.3 Å². The van der Waals surface area contributed by atoms with E-state index in [0.717, 1.165) is 29.7 Å². The summed E-state index contributed by atoms with van der Waals surface area (Å²) in [4.78, 5) is 8.57. The summed E-state index contributed by atoms with van der Waals surface area (Å²) in [7, 11) is 1.87. The summed E-state index contributed by atoms with van der Waals surface area (Å²) in [5.74, 6) is 0. The molecule has 0 aliphatic carbocycles. The first-order valence-electron chi connectivity index (χ1n) is 5.97. The van der Waals surface area contributed by atoms with Crippen molar-refractivity contribution >= 4 is 11.8 Å². The van der Waals surface area contributed by atoms with Gasteiger partial charge >= 0.3 is 0 Å². The Labute approximate surface area is 111 Å². The summed E-state index contributed by atoms with van der Waals surface area (Å²) >= 11 is 1.52. The monoisotopic (exact) mass is 263 g/mol. The molecule has 0 saturated heterocycles. The number of aromatic nitrogens is 4.